The quantitative estimate of drug-likeness (QED) is 0.789. The van der Waals surface area contributed by atoms with Crippen LogP contribution in [-0.4, -0.2) is 56.8 Å². The van der Waals surface area contributed by atoms with E-state index in [0.717, 1.165) is 29.9 Å². The Balaban J connectivity index is 1.61. The second-order valence-corrected chi connectivity index (χ2v) is 7.03. The van der Waals surface area contributed by atoms with E-state index in [1.54, 1.807) is 6.33 Å². The molecule has 0 bridgehead atoms. The summed E-state index contributed by atoms with van der Waals surface area (Å²) in [6.45, 7) is 2.09. The molecule has 0 radical (unpaired) electrons. The monoisotopic (exact) mass is 339 g/mol. The minimum Gasteiger partial charge on any atom is -0.359 e. The summed E-state index contributed by atoms with van der Waals surface area (Å²) in [6, 6.07) is 4.58. The number of H-pyrrole nitrogens is 1. The molecule has 2 atom stereocenters. The van der Waals surface area contributed by atoms with E-state index in [4.69, 9.17) is 0 Å². The second-order valence-electron chi connectivity index (χ2n) is 7.03. The fourth-order valence-corrected chi connectivity index (χ4v) is 4.19. The van der Waals surface area contributed by atoms with E-state index in [9.17, 15) is 0 Å². The van der Waals surface area contributed by atoms with Gasteiger partial charge in [0.15, 0.2) is 0 Å². The first-order valence-corrected chi connectivity index (χ1v) is 8.82. The van der Waals surface area contributed by atoms with Gasteiger partial charge in [-0.15, -0.1) is 0 Å². The summed E-state index contributed by atoms with van der Waals surface area (Å²) >= 11 is 0. The van der Waals surface area contributed by atoms with Gasteiger partial charge >= 0.3 is 0 Å². The first-order valence-electron chi connectivity index (χ1n) is 8.82. The molecule has 1 aliphatic heterocycles. The van der Waals surface area contributed by atoms with E-state index >= 15 is 0 Å². The molecule has 0 amide bonds. The maximum Gasteiger partial charge on any atom is 0.142 e. The molecular weight excluding hydrogens is 314 g/mol. The largest absolute Gasteiger partial charge is 0.359 e. The Morgan fingerprint density at radius 1 is 1.28 bits per heavy atom. The molecule has 7 heteroatoms. The summed E-state index contributed by atoms with van der Waals surface area (Å²) in [7, 11) is 6.38. The van der Waals surface area contributed by atoms with Gasteiger partial charge in [-0.3, -0.25) is 9.58 Å². The molecule has 3 aromatic rings. The number of piperidine rings is 1. The molecule has 132 valence electrons. The van der Waals surface area contributed by atoms with Crippen LogP contribution in [0.25, 0.3) is 11.0 Å². The molecule has 3 aromatic heterocycles. The lowest BCUT2D eigenvalue weighted by molar-refractivity contribution is 0.118. The average Bonchev–Trinajstić information content (AvgIpc) is 3.23. The van der Waals surface area contributed by atoms with Crippen molar-refractivity contribution >= 4 is 16.9 Å². The standard InChI is InChI=1S/C18H25N7/c1-23-10-4-5-13(16(23)15-7-9-22-25(15)3)11-24(2)18-14-6-8-19-17(14)20-12-21-18/h6-9,12-13,16H,4-5,10-11H2,1-3H3,(H,19,20,21)/t13-,16+/m0/s1. The van der Waals surface area contributed by atoms with E-state index in [-0.39, 0.29) is 0 Å². The number of likely N-dealkylation sites (tertiary alicyclic amines) is 1. The van der Waals surface area contributed by atoms with Gasteiger partial charge in [0, 0.05) is 33.0 Å². The van der Waals surface area contributed by atoms with Crippen LogP contribution in [0.15, 0.2) is 30.9 Å². The van der Waals surface area contributed by atoms with Crippen LogP contribution in [-0.2, 0) is 7.05 Å². The van der Waals surface area contributed by atoms with Gasteiger partial charge in [-0.2, -0.15) is 5.10 Å². The summed E-state index contributed by atoms with van der Waals surface area (Å²) < 4.78 is 2.01. The molecule has 0 saturated carbocycles. The molecule has 1 saturated heterocycles. The number of anilines is 1. The average molecular weight is 339 g/mol. The second kappa shape index (κ2) is 6.48. The SMILES string of the molecule is CN(C[C@@H]1CCCN(C)[C@H]1c1ccnn1C)c1ncnc2[nH]ccc12. The molecule has 0 aromatic carbocycles. The minimum absolute atomic E-state index is 0.382. The van der Waals surface area contributed by atoms with Crippen molar-refractivity contribution in [3.63, 3.8) is 0 Å². The van der Waals surface area contributed by atoms with Gasteiger partial charge in [0.05, 0.1) is 17.1 Å². The van der Waals surface area contributed by atoms with E-state index in [1.807, 2.05) is 30.2 Å². The third kappa shape index (κ3) is 2.89. The third-order valence-corrected chi connectivity index (χ3v) is 5.37. The summed E-state index contributed by atoms with van der Waals surface area (Å²) in [5.74, 6) is 1.52. The van der Waals surface area contributed by atoms with Crippen molar-refractivity contribution in [2.45, 2.75) is 18.9 Å². The Morgan fingerprint density at radius 2 is 2.16 bits per heavy atom. The molecular formula is C18H25N7. The molecule has 4 heterocycles. The molecule has 0 aliphatic carbocycles. The Morgan fingerprint density at radius 3 is 2.96 bits per heavy atom. The summed E-state index contributed by atoms with van der Waals surface area (Å²) in [5, 5.41) is 5.46. The van der Waals surface area contributed by atoms with Crippen LogP contribution in [0.5, 0.6) is 0 Å². The molecule has 1 N–H and O–H groups in total. The third-order valence-electron chi connectivity index (χ3n) is 5.37. The van der Waals surface area contributed by atoms with E-state index in [2.05, 4.69) is 50.0 Å². The highest BCUT2D eigenvalue weighted by molar-refractivity contribution is 5.87. The number of nitrogens with one attached hydrogen (secondary N) is 1. The van der Waals surface area contributed by atoms with Gasteiger partial charge in [0.1, 0.15) is 17.8 Å². The number of hydrogen-bond acceptors (Lipinski definition) is 5. The molecule has 1 aliphatic rings. The van der Waals surface area contributed by atoms with Crippen molar-refractivity contribution in [2.24, 2.45) is 13.0 Å². The summed E-state index contributed by atoms with van der Waals surface area (Å²) in [5.41, 5.74) is 2.18. The van der Waals surface area contributed by atoms with Gasteiger partial charge in [-0.25, -0.2) is 9.97 Å². The number of aryl methyl sites for hydroxylation is 1. The van der Waals surface area contributed by atoms with Crippen LogP contribution in [0.3, 0.4) is 0 Å². The predicted molar refractivity (Wildman–Crippen MR) is 98.5 cm³/mol. The Kier molecular flexibility index (Phi) is 4.17. The lowest BCUT2D eigenvalue weighted by atomic mass is 9.87. The first kappa shape index (κ1) is 16.1. The van der Waals surface area contributed by atoms with E-state index in [0.29, 0.717) is 12.0 Å². The number of rotatable bonds is 4. The molecule has 1 fully saturated rings. The maximum absolute atomic E-state index is 4.53. The number of hydrogen-bond donors (Lipinski definition) is 1. The van der Waals surface area contributed by atoms with Crippen molar-refractivity contribution in [1.29, 1.82) is 0 Å². The van der Waals surface area contributed by atoms with Crippen molar-refractivity contribution in [3.05, 3.63) is 36.5 Å². The number of fused-ring (bicyclic) bond motifs is 1. The van der Waals surface area contributed by atoms with Gasteiger partial charge in [0.2, 0.25) is 0 Å². The molecule has 0 unspecified atom stereocenters. The Labute approximate surface area is 147 Å². The first-order chi connectivity index (χ1) is 12.1. The Hall–Kier alpha value is -2.41. The maximum atomic E-state index is 4.53. The smallest absolute Gasteiger partial charge is 0.142 e. The lowest BCUT2D eigenvalue weighted by Crippen LogP contribution is -2.42. The van der Waals surface area contributed by atoms with Crippen molar-refractivity contribution < 1.29 is 0 Å². The zero-order valence-electron chi connectivity index (χ0n) is 15.1. The number of nitrogens with zero attached hydrogens (tertiary/aromatic N) is 6. The van der Waals surface area contributed by atoms with Crippen LogP contribution >= 0.6 is 0 Å². The molecule has 7 nitrogen and oxygen atoms in total. The predicted octanol–water partition coefficient (Wildman–Crippen LogP) is 2.21. The van der Waals surface area contributed by atoms with Crippen LogP contribution in [0.1, 0.15) is 24.6 Å². The van der Waals surface area contributed by atoms with Crippen LogP contribution in [0.4, 0.5) is 5.82 Å². The topological polar surface area (TPSA) is 65.9 Å². The van der Waals surface area contributed by atoms with Crippen molar-refractivity contribution in [3.8, 4) is 0 Å². The number of aromatic nitrogens is 5. The minimum atomic E-state index is 0.382. The summed E-state index contributed by atoms with van der Waals surface area (Å²) in [6.07, 6.45) is 7.89. The van der Waals surface area contributed by atoms with Gasteiger partial charge < -0.3 is 9.88 Å². The van der Waals surface area contributed by atoms with Crippen LogP contribution in [0, 0.1) is 5.92 Å². The van der Waals surface area contributed by atoms with Gasteiger partial charge in [-0.1, -0.05) is 0 Å². The van der Waals surface area contributed by atoms with Crippen molar-refractivity contribution in [2.75, 3.05) is 32.1 Å². The summed E-state index contributed by atoms with van der Waals surface area (Å²) in [4.78, 5) is 16.7. The highest BCUT2D eigenvalue weighted by Crippen LogP contribution is 2.36. The Bertz CT molecular complexity index is 852. The number of aromatic amines is 1. The zero-order chi connectivity index (χ0) is 17.4. The van der Waals surface area contributed by atoms with Crippen LogP contribution in [0.2, 0.25) is 0 Å². The van der Waals surface area contributed by atoms with Crippen LogP contribution < -0.4 is 4.90 Å². The fourth-order valence-electron chi connectivity index (χ4n) is 4.19. The highest BCUT2D eigenvalue weighted by Gasteiger charge is 2.33. The van der Waals surface area contributed by atoms with E-state index < -0.39 is 0 Å². The lowest BCUT2D eigenvalue weighted by Gasteiger charge is -2.41. The highest BCUT2D eigenvalue weighted by atomic mass is 15.3. The molecule has 25 heavy (non-hydrogen) atoms. The van der Waals surface area contributed by atoms with Crippen molar-refractivity contribution in [1.82, 2.24) is 29.6 Å². The normalized spacial score (nSPS) is 21.7. The van der Waals surface area contributed by atoms with Gasteiger partial charge in [0.25, 0.3) is 0 Å². The van der Waals surface area contributed by atoms with Gasteiger partial charge in [-0.05, 0) is 44.5 Å². The zero-order valence-corrected chi connectivity index (χ0v) is 15.1. The fraction of sp³-hybridized carbons (Fsp3) is 0.500. The molecule has 0 spiro atoms. The van der Waals surface area contributed by atoms with E-state index in [1.165, 1.54) is 18.5 Å². The molecule has 4 rings (SSSR count).